The molecule has 22 heavy (non-hydrogen) atoms. The normalized spacial score (nSPS) is 20.6. The van der Waals surface area contributed by atoms with E-state index in [1.165, 1.54) is 24.8 Å². The summed E-state index contributed by atoms with van der Waals surface area (Å²) in [6, 6.07) is 10.7. The van der Waals surface area contributed by atoms with E-state index in [2.05, 4.69) is 35.2 Å². The predicted octanol–water partition coefficient (Wildman–Crippen LogP) is 3.16. The number of nitrogens with zero attached hydrogens (tertiary/aromatic N) is 2. The van der Waals surface area contributed by atoms with Gasteiger partial charge in [-0.15, -0.1) is 0 Å². The average Bonchev–Trinajstić information content (AvgIpc) is 2.48. The Balaban J connectivity index is 1.40. The second-order valence-corrected chi connectivity index (χ2v) is 7.05. The van der Waals surface area contributed by atoms with Crippen LogP contribution in [0.2, 0.25) is 0 Å². The molecule has 3 heteroatoms. The van der Waals surface area contributed by atoms with Crippen molar-refractivity contribution in [3.8, 4) is 0 Å². The van der Waals surface area contributed by atoms with Crippen molar-refractivity contribution in [2.24, 2.45) is 11.8 Å². The van der Waals surface area contributed by atoms with Gasteiger partial charge in [-0.2, -0.15) is 0 Å². The summed E-state index contributed by atoms with van der Waals surface area (Å²) in [5.41, 5.74) is 1.40. The molecule has 0 aromatic heterocycles. The molecule has 1 saturated carbocycles. The van der Waals surface area contributed by atoms with Crippen LogP contribution in [0, 0.1) is 11.8 Å². The van der Waals surface area contributed by atoms with Gasteiger partial charge >= 0.3 is 0 Å². The summed E-state index contributed by atoms with van der Waals surface area (Å²) in [7, 11) is 2.00. The fourth-order valence-electron chi connectivity index (χ4n) is 3.61. The van der Waals surface area contributed by atoms with E-state index in [4.69, 9.17) is 0 Å². The molecule has 1 amide bonds. The highest BCUT2D eigenvalue weighted by Crippen LogP contribution is 2.28. The van der Waals surface area contributed by atoms with Crippen molar-refractivity contribution in [3.63, 3.8) is 0 Å². The summed E-state index contributed by atoms with van der Waals surface area (Å²) < 4.78 is 0. The minimum absolute atomic E-state index is 0.336. The molecule has 0 atom stereocenters. The standard InChI is InChI=1S/C19H28N2O/c1-20(19(22)18-8-5-9-18)14-17-10-12-21(13-11-17)15-16-6-3-2-4-7-16/h2-4,6-7,17-18H,5,8-15H2,1H3. The maximum atomic E-state index is 12.2. The molecule has 120 valence electrons. The molecule has 0 spiro atoms. The Labute approximate surface area is 134 Å². The topological polar surface area (TPSA) is 23.6 Å². The minimum Gasteiger partial charge on any atom is -0.345 e. The number of hydrogen-bond acceptors (Lipinski definition) is 2. The van der Waals surface area contributed by atoms with E-state index in [1.807, 2.05) is 11.9 Å². The average molecular weight is 300 g/mol. The summed E-state index contributed by atoms with van der Waals surface area (Å²) in [5, 5.41) is 0. The highest BCUT2D eigenvalue weighted by atomic mass is 16.2. The Bertz CT molecular complexity index is 475. The third-order valence-electron chi connectivity index (χ3n) is 5.32. The molecule has 1 saturated heterocycles. The molecule has 1 heterocycles. The first kappa shape index (κ1) is 15.5. The van der Waals surface area contributed by atoms with E-state index in [0.29, 0.717) is 17.7 Å². The lowest BCUT2D eigenvalue weighted by Gasteiger charge is -2.35. The smallest absolute Gasteiger partial charge is 0.225 e. The summed E-state index contributed by atoms with van der Waals surface area (Å²) in [5.74, 6) is 1.40. The molecule has 1 aliphatic carbocycles. The van der Waals surface area contributed by atoms with E-state index < -0.39 is 0 Å². The van der Waals surface area contributed by atoms with E-state index in [1.54, 1.807) is 0 Å². The molecular weight excluding hydrogens is 272 g/mol. The Morgan fingerprint density at radius 3 is 2.41 bits per heavy atom. The van der Waals surface area contributed by atoms with Gasteiger partial charge in [0.25, 0.3) is 0 Å². The van der Waals surface area contributed by atoms with E-state index in [0.717, 1.165) is 39.0 Å². The van der Waals surface area contributed by atoms with Crippen molar-refractivity contribution in [1.29, 1.82) is 0 Å². The Morgan fingerprint density at radius 1 is 1.14 bits per heavy atom. The molecule has 0 radical (unpaired) electrons. The van der Waals surface area contributed by atoms with Crippen LogP contribution in [-0.2, 0) is 11.3 Å². The third-order valence-corrected chi connectivity index (χ3v) is 5.32. The highest BCUT2D eigenvalue weighted by Gasteiger charge is 2.29. The monoisotopic (exact) mass is 300 g/mol. The lowest BCUT2D eigenvalue weighted by atomic mass is 9.84. The highest BCUT2D eigenvalue weighted by molar-refractivity contribution is 5.79. The number of likely N-dealkylation sites (tertiary alicyclic amines) is 1. The number of benzene rings is 1. The zero-order chi connectivity index (χ0) is 15.4. The van der Waals surface area contributed by atoms with Gasteiger partial charge in [0.05, 0.1) is 0 Å². The van der Waals surface area contributed by atoms with Crippen LogP contribution in [0.15, 0.2) is 30.3 Å². The van der Waals surface area contributed by atoms with Crippen molar-refractivity contribution in [2.75, 3.05) is 26.7 Å². The van der Waals surface area contributed by atoms with Gasteiger partial charge in [0.15, 0.2) is 0 Å². The molecule has 0 N–H and O–H groups in total. The molecule has 1 aromatic rings. The van der Waals surface area contributed by atoms with Gasteiger partial charge in [-0.25, -0.2) is 0 Å². The molecule has 1 aliphatic heterocycles. The van der Waals surface area contributed by atoms with E-state index in [9.17, 15) is 4.79 Å². The number of piperidine rings is 1. The Kier molecular flexibility index (Phi) is 5.14. The van der Waals surface area contributed by atoms with Crippen molar-refractivity contribution in [2.45, 2.75) is 38.6 Å². The SMILES string of the molecule is CN(CC1CCN(Cc2ccccc2)CC1)C(=O)C1CCC1. The summed E-state index contributed by atoms with van der Waals surface area (Å²) >= 11 is 0. The van der Waals surface area contributed by atoms with Crippen molar-refractivity contribution in [3.05, 3.63) is 35.9 Å². The summed E-state index contributed by atoms with van der Waals surface area (Å²) in [6.07, 6.45) is 5.89. The van der Waals surface area contributed by atoms with Crippen LogP contribution < -0.4 is 0 Å². The second kappa shape index (κ2) is 7.28. The van der Waals surface area contributed by atoms with Crippen LogP contribution in [0.1, 0.15) is 37.7 Å². The van der Waals surface area contributed by atoms with Gasteiger partial charge in [0.2, 0.25) is 5.91 Å². The molecular formula is C19H28N2O. The fourth-order valence-corrected chi connectivity index (χ4v) is 3.61. The molecule has 1 aromatic carbocycles. The zero-order valence-electron chi connectivity index (χ0n) is 13.7. The van der Waals surface area contributed by atoms with Gasteiger partial charge < -0.3 is 4.90 Å². The Hall–Kier alpha value is -1.35. The third kappa shape index (κ3) is 3.89. The van der Waals surface area contributed by atoms with Gasteiger partial charge in [-0.05, 0) is 50.3 Å². The molecule has 2 fully saturated rings. The lowest BCUT2D eigenvalue weighted by Crippen LogP contribution is -2.42. The number of hydrogen-bond donors (Lipinski definition) is 0. The minimum atomic E-state index is 0.336. The Morgan fingerprint density at radius 2 is 1.82 bits per heavy atom. The summed E-state index contributed by atoms with van der Waals surface area (Å²) in [4.78, 5) is 16.8. The molecule has 2 aliphatic rings. The number of carbonyl (C=O) groups excluding carboxylic acids is 1. The largest absolute Gasteiger partial charge is 0.345 e. The van der Waals surface area contributed by atoms with Gasteiger partial charge in [-0.3, -0.25) is 9.69 Å². The maximum Gasteiger partial charge on any atom is 0.225 e. The fraction of sp³-hybridized carbons (Fsp3) is 0.632. The number of rotatable bonds is 5. The van der Waals surface area contributed by atoms with Gasteiger partial charge in [0.1, 0.15) is 0 Å². The lowest BCUT2D eigenvalue weighted by molar-refractivity contribution is -0.137. The maximum absolute atomic E-state index is 12.2. The van der Waals surface area contributed by atoms with Crippen LogP contribution in [0.3, 0.4) is 0 Å². The van der Waals surface area contributed by atoms with Crippen LogP contribution >= 0.6 is 0 Å². The van der Waals surface area contributed by atoms with Crippen LogP contribution in [0.4, 0.5) is 0 Å². The predicted molar refractivity (Wildman–Crippen MR) is 89.4 cm³/mol. The van der Waals surface area contributed by atoms with Crippen molar-refractivity contribution >= 4 is 5.91 Å². The van der Waals surface area contributed by atoms with Crippen LogP contribution in [0.25, 0.3) is 0 Å². The molecule has 0 unspecified atom stereocenters. The number of carbonyl (C=O) groups is 1. The quantitative estimate of drug-likeness (QED) is 0.834. The van der Waals surface area contributed by atoms with E-state index in [-0.39, 0.29) is 0 Å². The van der Waals surface area contributed by atoms with Gasteiger partial charge in [0, 0.05) is 26.1 Å². The van der Waals surface area contributed by atoms with E-state index >= 15 is 0 Å². The van der Waals surface area contributed by atoms with Crippen molar-refractivity contribution in [1.82, 2.24) is 9.80 Å². The van der Waals surface area contributed by atoms with Crippen LogP contribution in [-0.4, -0.2) is 42.4 Å². The zero-order valence-corrected chi connectivity index (χ0v) is 13.7. The second-order valence-electron chi connectivity index (χ2n) is 7.05. The first-order chi connectivity index (χ1) is 10.7. The first-order valence-corrected chi connectivity index (χ1v) is 8.73. The van der Waals surface area contributed by atoms with Gasteiger partial charge in [-0.1, -0.05) is 36.8 Å². The van der Waals surface area contributed by atoms with Crippen LogP contribution in [0.5, 0.6) is 0 Å². The number of amides is 1. The molecule has 3 rings (SSSR count). The molecule has 0 bridgehead atoms. The summed E-state index contributed by atoms with van der Waals surface area (Å²) in [6.45, 7) is 4.33. The first-order valence-electron chi connectivity index (χ1n) is 8.73. The van der Waals surface area contributed by atoms with Crippen molar-refractivity contribution < 1.29 is 4.79 Å². The molecule has 3 nitrogen and oxygen atoms in total.